The van der Waals surface area contributed by atoms with Crippen LogP contribution in [0, 0.1) is 18.6 Å². The van der Waals surface area contributed by atoms with Gasteiger partial charge >= 0.3 is 0 Å². The van der Waals surface area contributed by atoms with Crippen LogP contribution in [0.1, 0.15) is 23.1 Å². The Bertz CT molecular complexity index is 522. The minimum atomic E-state index is -0.856. The molecule has 0 bridgehead atoms. The summed E-state index contributed by atoms with van der Waals surface area (Å²) in [6.45, 7) is 1.80. The summed E-state index contributed by atoms with van der Waals surface area (Å²) in [6, 6.07) is 7.17. The van der Waals surface area contributed by atoms with Crippen molar-refractivity contribution in [1.29, 1.82) is 0 Å². The molecule has 4 heteroatoms. The van der Waals surface area contributed by atoms with Gasteiger partial charge < -0.3 is 9.73 Å². The van der Waals surface area contributed by atoms with E-state index in [9.17, 15) is 8.78 Å². The molecule has 0 aliphatic carbocycles. The molecular weight excluding hydrogens is 224 g/mol. The fourth-order valence-corrected chi connectivity index (χ4v) is 1.80. The van der Waals surface area contributed by atoms with Gasteiger partial charge in [0.1, 0.15) is 11.5 Å². The van der Waals surface area contributed by atoms with E-state index in [4.69, 9.17) is 4.42 Å². The molecule has 2 rings (SSSR count). The normalized spacial score (nSPS) is 12.7. The topological polar surface area (TPSA) is 25.2 Å². The van der Waals surface area contributed by atoms with E-state index in [-0.39, 0.29) is 5.56 Å². The van der Waals surface area contributed by atoms with Crippen molar-refractivity contribution in [1.82, 2.24) is 5.32 Å². The van der Waals surface area contributed by atoms with Crippen molar-refractivity contribution in [2.24, 2.45) is 0 Å². The van der Waals surface area contributed by atoms with Gasteiger partial charge in [0.05, 0.1) is 6.04 Å². The van der Waals surface area contributed by atoms with Crippen molar-refractivity contribution in [3.63, 3.8) is 0 Å². The number of halogens is 2. The molecule has 0 amide bonds. The van der Waals surface area contributed by atoms with Crippen LogP contribution >= 0.6 is 0 Å². The Balaban J connectivity index is 2.45. The summed E-state index contributed by atoms with van der Waals surface area (Å²) in [7, 11) is 1.67. The van der Waals surface area contributed by atoms with Crippen molar-refractivity contribution < 1.29 is 13.2 Å². The van der Waals surface area contributed by atoms with Gasteiger partial charge in [0.25, 0.3) is 0 Å². The van der Waals surface area contributed by atoms with Gasteiger partial charge in [-0.3, -0.25) is 0 Å². The van der Waals surface area contributed by atoms with E-state index < -0.39 is 17.7 Å². The lowest BCUT2D eigenvalue weighted by atomic mass is 10.0. The average Bonchev–Trinajstić information content (AvgIpc) is 2.72. The lowest BCUT2D eigenvalue weighted by Gasteiger charge is -2.15. The first-order chi connectivity index (χ1) is 8.13. The summed E-state index contributed by atoms with van der Waals surface area (Å²) < 4.78 is 32.3. The summed E-state index contributed by atoms with van der Waals surface area (Å²) in [5.41, 5.74) is 0.238. The number of nitrogens with one attached hydrogen (secondary N) is 1. The predicted octanol–water partition coefficient (Wildman–Crippen LogP) is 3.18. The zero-order chi connectivity index (χ0) is 12.4. The fourth-order valence-electron chi connectivity index (χ4n) is 1.80. The Kier molecular flexibility index (Phi) is 3.24. The van der Waals surface area contributed by atoms with Gasteiger partial charge in [-0.2, -0.15) is 0 Å². The molecule has 0 saturated carbocycles. The highest BCUT2D eigenvalue weighted by atomic mass is 19.2. The molecule has 0 saturated heterocycles. The first-order valence-corrected chi connectivity index (χ1v) is 5.31. The molecule has 1 aromatic heterocycles. The molecule has 0 spiro atoms. The molecule has 1 unspecified atom stereocenters. The fraction of sp³-hybridized carbons (Fsp3) is 0.231. The van der Waals surface area contributed by atoms with Crippen LogP contribution in [0.4, 0.5) is 8.78 Å². The predicted molar refractivity (Wildman–Crippen MR) is 60.7 cm³/mol. The second kappa shape index (κ2) is 4.67. The van der Waals surface area contributed by atoms with Gasteiger partial charge in [-0.05, 0) is 32.2 Å². The Labute approximate surface area is 98.3 Å². The van der Waals surface area contributed by atoms with Crippen molar-refractivity contribution in [3.8, 4) is 0 Å². The van der Waals surface area contributed by atoms with Crippen LogP contribution in [0.5, 0.6) is 0 Å². The highest BCUT2D eigenvalue weighted by molar-refractivity contribution is 5.29. The van der Waals surface area contributed by atoms with Crippen LogP contribution in [0.25, 0.3) is 0 Å². The Morgan fingerprint density at radius 1 is 1.18 bits per heavy atom. The third-order valence-corrected chi connectivity index (χ3v) is 2.63. The smallest absolute Gasteiger partial charge is 0.164 e. The van der Waals surface area contributed by atoms with Gasteiger partial charge in [-0.1, -0.05) is 12.1 Å². The summed E-state index contributed by atoms with van der Waals surface area (Å²) in [6.07, 6.45) is 0. The lowest BCUT2D eigenvalue weighted by Crippen LogP contribution is -2.18. The molecular formula is C13H13F2NO. The van der Waals surface area contributed by atoms with Gasteiger partial charge in [-0.15, -0.1) is 0 Å². The minimum absolute atomic E-state index is 0.238. The number of hydrogen-bond donors (Lipinski definition) is 1. The molecule has 1 N–H and O–H groups in total. The van der Waals surface area contributed by atoms with Crippen molar-refractivity contribution in [3.05, 3.63) is 59.1 Å². The standard InChI is InChI=1S/C13H13F2NO/c1-8-6-7-11(17-8)13(16-2)9-4-3-5-10(14)12(9)15/h3-7,13,16H,1-2H3. The van der Waals surface area contributed by atoms with Crippen LogP contribution in [0.3, 0.4) is 0 Å². The average molecular weight is 237 g/mol. The molecule has 2 aromatic rings. The molecule has 1 aromatic carbocycles. The van der Waals surface area contributed by atoms with Crippen LogP contribution in [-0.2, 0) is 0 Å². The van der Waals surface area contributed by atoms with Gasteiger partial charge in [0, 0.05) is 5.56 Å². The summed E-state index contributed by atoms with van der Waals surface area (Å²) >= 11 is 0. The number of furan rings is 1. The maximum Gasteiger partial charge on any atom is 0.164 e. The Morgan fingerprint density at radius 3 is 2.53 bits per heavy atom. The molecule has 1 heterocycles. The molecule has 0 aliphatic rings. The Morgan fingerprint density at radius 2 is 1.94 bits per heavy atom. The summed E-state index contributed by atoms with van der Waals surface area (Å²) in [5, 5.41) is 2.92. The third kappa shape index (κ3) is 2.22. The van der Waals surface area contributed by atoms with Gasteiger partial charge in [-0.25, -0.2) is 8.78 Å². The van der Waals surface area contributed by atoms with E-state index >= 15 is 0 Å². The van der Waals surface area contributed by atoms with Crippen molar-refractivity contribution >= 4 is 0 Å². The van der Waals surface area contributed by atoms with E-state index in [1.165, 1.54) is 12.1 Å². The van der Waals surface area contributed by atoms with Gasteiger partial charge in [0.15, 0.2) is 11.6 Å². The molecule has 90 valence electrons. The first kappa shape index (κ1) is 11.8. The number of benzene rings is 1. The number of rotatable bonds is 3. The summed E-state index contributed by atoms with van der Waals surface area (Å²) in [5.74, 6) is -0.404. The number of hydrogen-bond acceptors (Lipinski definition) is 2. The van der Waals surface area contributed by atoms with Crippen LogP contribution in [-0.4, -0.2) is 7.05 Å². The minimum Gasteiger partial charge on any atom is -0.464 e. The SMILES string of the molecule is CNC(c1ccc(C)o1)c1cccc(F)c1F. The molecule has 0 fully saturated rings. The quantitative estimate of drug-likeness (QED) is 0.887. The highest BCUT2D eigenvalue weighted by Crippen LogP contribution is 2.26. The monoisotopic (exact) mass is 237 g/mol. The van der Waals surface area contributed by atoms with E-state index in [1.54, 1.807) is 26.1 Å². The van der Waals surface area contributed by atoms with Crippen LogP contribution in [0.15, 0.2) is 34.7 Å². The zero-order valence-corrected chi connectivity index (χ0v) is 9.63. The molecule has 0 aliphatic heterocycles. The molecule has 2 nitrogen and oxygen atoms in total. The van der Waals surface area contributed by atoms with E-state index in [1.807, 2.05) is 0 Å². The molecule has 1 atom stereocenters. The molecule has 0 radical (unpaired) electrons. The van der Waals surface area contributed by atoms with E-state index in [2.05, 4.69) is 5.32 Å². The maximum absolute atomic E-state index is 13.7. The van der Waals surface area contributed by atoms with Gasteiger partial charge in [0.2, 0.25) is 0 Å². The van der Waals surface area contributed by atoms with Crippen molar-refractivity contribution in [2.45, 2.75) is 13.0 Å². The molecule has 17 heavy (non-hydrogen) atoms. The largest absolute Gasteiger partial charge is 0.464 e. The van der Waals surface area contributed by atoms with Crippen LogP contribution in [0.2, 0.25) is 0 Å². The maximum atomic E-state index is 13.7. The van der Waals surface area contributed by atoms with E-state index in [0.29, 0.717) is 5.76 Å². The van der Waals surface area contributed by atoms with E-state index in [0.717, 1.165) is 11.8 Å². The highest BCUT2D eigenvalue weighted by Gasteiger charge is 2.20. The zero-order valence-electron chi connectivity index (χ0n) is 9.63. The second-order valence-corrected chi connectivity index (χ2v) is 3.81. The third-order valence-electron chi connectivity index (χ3n) is 2.63. The number of aryl methyl sites for hydroxylation is 1. The lowest BCUT2D eigenvalue weighted by molar-refractivity contribution is 0.427. The van der Waals surface area contributed by atoms with Crippen molar-refractivity contribution in [2.75, 3.05) is 7.05 Å². The summed E-state index contributed by atoms with van der Waals surface area (Å²) in [4.78, 5) is 0. The Hall–Kier alpha value is -1.68. The first-order valence-electron chi connectivity index (χ1n) is 5.31. The van der Waals surface area contributed by atoms with Crippen LogP contribution < -0.4 is 5.32 Å². The second-order valence-electron chi connectivity index (χ2n) is 3.81.